The molecule has 31 heavy (non-hydrogen) atoms. The number of hydrogen-bond acceptors (Lipinski definition) is 5. The molecule has 1 atom stereocenters. The number of halogens is 1. The molecule has 0 aliphatic rings. The normalized spacial score (nSPS) is 11.5. The van der Waals surface area contributed by atoms with Gasteiger partial charge in [0.2, 0.25) is 5.88 Å². The standard InChI is InChI=1S/C23H21ClN2O5/c1-30-16-9-7-14(8-10-16)18-11-15(13-25-23(18)31-2)22(29)26-20(12-21(27)28)17-5-3-4-6-19(17)24/h3-11,13,20H,12H2,1-2H3,(H,26,29)(H,27,28)/t20-/m0/s1. The molecule has 7 nitrogen and oxygen atoms in total. The molecule has 0 unspecified atom stereocenters. The van der Waals surface area contributed by atoms with E-state index in [1.54, 1.807) is 49.6 Å². The van der Waals surface area contributed by atoms with Crippen LogP contribution in [0.25, 0.3) is 11.1 Å². The molecule has 0 radical (unpaired) electrons. The average molecular weight is 441 g/mol. The van der Waals surface area contributed by atoms with Crippen molar-refractivity contribution in [2.24, 2.45) is 0 Å². The Kier molecular flexibility index (Phi) is 7.10. The Labute approximate surface area is 184 Å². The number of pyridine rings is 1. The van der Waals surface area contributed by atoms with Gasteiger partial charge < -0.3 is 19.9 Å². The number of rotatable bonds is 8. The highest BCUT2D eigenvalue weighted by Crippen LogP contribution is 2.31. The van der Waals surface area contributed by atoms with Gasteiger partial charge in [0, 0.05) is 16.8 Å². The minimum absolute atomic E-state index is 0.258. The van der Waals surface area contributed by atoms with E-state index < -0.39 is 17.9 Å². The van der Waals surface area contributed by atoms with Crippen LogP contribution in [0.15, 0.2) is 60.8 Å². The number of ether oxygens (including phenoxy) is 2. The summed E-state index contributed by atoms with van der Waals surface area (Å²) >= 11 is 6.22. The molecule has 2 aromatic carbocycles. The van der Waals surface area contributed by atoms with Crippen molar-refractivity contribution in [1.29, 1.82) is 0 Å². The third kappa shape index (κ3) is 5.32. The van der Waals surface area contributed by atoms with Gasteiger partial charge in [-0.25, -0.2) is 4.98 Å². The largest absolute Gasteiger partial charge is 0.497 e. The van der Waals surface area contributed by atoms with Crippen LogP contribution in [0.2, 0.25) is 5.02 Å². The van der Waals surface area contributed by atoms with Crippen LogP contribution in [0.4, 0.5) is 0 Å². The van der Waals surface area contributed by atoms with Crippen molar-refractivity contribution in [3.63, 3.8) is 0 Å². The van der Waals surface area contributed by atoms with Gasteiger partial charge in [0.25, 0.3) is 5.91 Å². The molecule has 3 aromatic rings. The Morgan fingerprint density at radius 1 is 1.10 bits per heavy atom. The molecule has 0 bridgehead atoms. The van der Waals surface area contributed by atoms with E-state index in [0.29, 0.717) is 27.8 Å². The van der Waals surface area contributed by atoms with E-state index in [9.17, 15) is 14.7 Å². The molecule has 0 aliphatic carbocycles. The van der Waals surface area contributed by atoms with Crippen molar-refractivity contribution in [3.8, 4) is 22.8 Å². The second-order valence-corrected chi connectivity index (χ2v) is 7.06. The Morgan fingerprint density at radius 3 is 2.42 bits per heavy atom. The molecule has 0 saturated carbocycles. The number of nitrogens with one attached hydrogen (secondary N) is 1. The third-order valence-corrected chi connectivity index (χ3v) is 5.02. The molecule has 160 valence electrons. The van der Waals surface area contributed by atoms with Crippen molar-refractivity contribution < 1.29 is 24.2 Å². The Balaban J connectivity index is 1.92. The molecule has 1 amide bonds. The van der Waals surface area contributed by atoms with E-state index in [2.05, 4.69) is 10.3 Å². The Morgan fingerprint density at radius 2 is 1.81 bits per heavy atom. The molecule has 0 fully saturated rings. The molecule has 8 heteroatoms. The summed E-state index contributed by atoms with van der Waals surface area (Å²) < 4.78 is 10.5. The number of carbonyl (C=O) groups excluding carboxylic acids is 1. The predicted molar refractivity (Wildman–Crippen MR) is 117 cm³/mol. The Hall–Kier alpha value is -3.58. The molecular formula is C23H21ClN2O5. The molecule has 0 aliphatic heterocycles. The zero-order valence-corrected chi connectivity index (χ0v) is 17.7. The summed E-state index contributed by atoms with van der Waals surface area (Å²) in [6.45, 7) is 0. The van der Waals surface area contributed by atoms with Crippen molar-refractivity contribution in [1.82, 2.24) is 10.3 Å². The summed E-state index contributed by atoms with van der Waals surface area (Å²) in [5.41, 5.74) is 2.18. The van der Waals surface area contributed by atoms with Crippen LogP contribution >= 0.6 is 11.6 Å². The number of aromatic nitrogens is 1. The van der Waals surface area contributed by atoms with E-state index in [1.807, 2.05) is 12.1 Å². The number of amides is 1. The number of nitrogens with zero attached hydrogens (tertiary/aromatic N) is 1. The van der Waals surface area contributed by atoms with E-state index in [4.69, 9.17) is 21.1 Å². The summed E-state index contributed by atoms with van der Waals surface area (Å²) in [5.74, 6) is -0.483. The van der Waals surface area contributed by atoms with E-state index in [0.717, 1.165) is 5.56 Å². The zero-order chi connectivity index (χ0) is 22.4. The van der Waals surface area contributed by atoms with E-state index in [-0.39, 0.29) is 12.0 Å². The minimum Gasteiger partial charge on any atom is -0.497 e. The smallest absolute Gasteiger partial charge is 0.305 e. The number of benzene rings is 2. The number of carbonyl (C=O) groups is 2. The van der Waals surface area contributed by atoms with Crippen LogP contribution in [0, 0.1) is 0 Å². The summed E-state index contributed by atoms with van der Waals surface area (Å²) in [6, 6.07) is 14.9. The molecule has 0 spiro atoms. The second kappa shape index (κ2) is 9.95. The van der Waals surface area contributed by atoms with Gasteiger partial charge >= 0.3 is 5.97 Å². The minimum atomic E-state index is -1.06. The monoisotopic (exact) mass is 440 g/mol. The van der Waals surface area contributed by atoms with Gasteiger partial charge in [-0.05, 0) is 35.4 Å². The summed E-state index contributed by atoms with van der Waals surface area (Å²) in [7, 11) is 3.07. The van der Waals surface area contributed by atoms with Gasteiger partial charge in [0.05, 0.1) is 32.2 Å². The summed E-state index contributed by atoms with van der Waals surface area (Å²) in [6.07, 6.45) is 1.07. The maximum atomic E-state index is 13.0. The first-order chi connectivity index (χ1) is 14.9. The lowest BCUT2D eigenvalue weighted by atomic mass is 10.0. The molecular weight excluding hydrogens is 420 g/mol. The number of methoxy groups -OCH3 is 2. The fourth-order valence-corrected chi connectivity index (χ4v) is 3.40. The van der Waals surface area contributed by atoms with Crippen LogP contribution in [-0.2, 0) is 4.79 Å². The Bertz CT molecular complexity index is 1090. The number of carboxylic acids is 1. The molecule has 0 saturated heterocycles. The molecule has 2 N–H and O–H groups in total. The van der Waals surface area contributed by atoms with Gasteiger partial charge in [-0.1, -0.05) is 41.9 Å². The quantitative estimate of drug-likeness (QED) is 0.540. The molecule has 3 rings (SSSR count). The second-order valence-electron chi connectivity index (χ2n) is 6.65. The van der Waals surface area contributed by atoms with Crippen LogP contribution < -0.4 is 14.8 Å². The van der Waals surface area contributed by atoms with E-state index in [1.165, 1.54) is 13.3 Å². The SMILES string of the molecule is COc1ccc(-c2cc(C(=O)N[C@@H](CC(=O)O)c3ccccc3Cl)cnc2OC)cc1. The van der Waals surface area contributed by atoms with Gasteiger partial charge in [0.1, 0.15) is 5.75 Å². The van der Waals surface area contributed by atoms with Crippen molar-refractivity contribution >= 4 is 23.5 Å². The highest BCUT2D eigenvalue weighted by atomic mass is 35.5. The third-order valence-electron chi connectivity index (χ3n) is 4.67. The number of aliphatic carboxylic acids is 1. The maximum absolute atomic E-state index is 13.0. The zero-order valence-electron chi connectivity index (χ0n) is 17.0. The predicted octanol–water partition coefficient (Wildman–Crippen LogP) is 4.37. The lowest BCUT2D eigenvalue weighted by molar-refractivity contribution is -0.137. The van der Waals surface area contributed by atoms with E-state index >= 15 is 0 Å². The highest BCUT2D eigenvalue weighted by Gasteiger charge is 2.22. The van der Waals surface area contributed by atoms with Crippen molar-refractivity contribution in [3.05, 3.63) is 76.9 Å². The van der Waals surface area contributed by atoms with Gasteiger partial charge in [-0.15, -0.1) is 0 Å². The molecule has 1 aromatic heterocycles. The fourth-order valence-electron chi connectivity index (χ4n) is 3.13. The summed E-state index contributed by atoms with van der Waals surface area (Å²) in [4.78, 5) is 28.5. The fraction of sp³-hybridized carbons (Fsp3) is 0.174. The lowest BCUT2D eigenvalue weighted by Crippen LogP contribution is -2.30. The van der Waals surface area contributed by atoms with Crippen molar-refractivity contribution in [2.75, 3.05) is 14.2 Å². The number of hydrogen-bond donors (Lipinski definition) is 2. The molecule has 1 heterocycles. The van der Waals surface area contributed by atoms with Gasteiger partial charge in [-0.2, -0.15) is 0 Å². The summed E-state index contributed by atoms with van der Waals surface area (Å²) in [5, 5.41) is 12.4. The lowest BCUT2D eigenvalue weighted by Gasteiger charge is -2.19. The number of carboxylic acid groups (broad SMARTS) is 1. The van der Waals surface area contributed by atoms with Gasteiger partial charge in [-0.3, -0.25) is 9.59 Å². The first kappa shape index (κ1) is 22.1. The van der Waals surface area contributed by atoms with Crippen LogP contribution in [0.5, 0.6) is 11.6 Å². The topological polar surface area (TPSA) is 97.8 Å². The van der Waals surface area contributed by atoms with Gasteiger partial charge in [0.15, 0.2) is 0 Å². The van der Waals surface area contributed by atoms with Crippen LogP contribution in [-0.4, -0.2) is 36.2 Å². The van der Waals surface area contributed by atoms with Crippen molar-refractivity contribution in [2.45, 2.75) is 12.5 Å². The van der Waals surface area contributed by atoms with Crippen LogP contribution in [0.1, 0.15) is 28.4 Å². The first-order valence-corrected chi connectivity index (χ1v) is 9.76. The maximum Gasteiger partial charge on any atom is 0.305 e. The van der Waals surface area contributed by atoms with Crippen LogP contribution in [0.3, 0.4) is 0 Å². The first-order valence-electron chi connectivity index (χ1n) is 9.38. The average Bonchev–Trinajstić information content (AvgIpc) is 2.78. The highest BCUT2D eigenvalue weighted by molar-refractivity contribution is 6.31.